The van der Waals surface area contributed by atoms with E-state index in [1.54, 1.807) is 0 Å². The van der Waals surface area contributed by atoms with Gasteiger partial charge in [-0.3, -0.25) is 0 Å². The standard InChI is InChI=1S/C16H34B2S2/c1-3-7-13(2)14-8-4-5-10-15(17-19)12-16(18-20)11-6-9-14/h13-20H,3-12H2,1-2H3. The van der Waals surface area contributed by atoms with Crippen LogP contribution in [0.4, 0.5) is 0 Å². The molecule has 4 unspecified atom stereocenters. The molecule has 0 amide bonds. The monoisotopic (exact) mass is 312 g/mol. The second kappa shape index (κ2) is 11.4. The first-order valence-electron chi connectivity index (χ1n) is 8.92. The fourth-order valence-corrected chi connectivity index (χ4v) is 4.61. The minimum atomic E-state index is 0.829. The van der Waals surface area contributed by atoms with Crippen molar-refractivity contribution in [2.24, 2.45) is 11.8 Å². The highest BCUT2D eigenvalue weighted by atomic mass is 32.1. The van der Waals surface area contributed by atoms with Gasteiger partial charge in [0.15, 0.2) is 13.1 Å². The summed E-state index contributed by atoms with van der Waals surface area (Å²) in [6, 6.07) is 0. The minimum Gasteiger partial charge on any atom is -0.231 e. The lowest BCUT2D eigenvalue weighted by molar-refractivity contribution is 0.282. The third-order valence-corrected chi connectivity index (χ3v) is 6.39. The molecule has 0 spiro atoms. The Bertz CT molecular complexity index is 239. The van der Waals surface area contributed by atoms with E-state index in [1.807, 2.05) is 0 Å². The van der Waals surface area contributed by atoms with Crippen LogP contribution in [0.2, 0.25) is 11.6 Å². The van der Waals surface area contributed by atoms with Gasteiger partial charge in [0.2, 0.25) is 0 Å². The van der Waals surface area contributed by atoms with Crippen LogP contribution in [0.25, 0.3) is 0 Å². The van der Waals surface area contributed by atoms with E-state index >= 15 is 0 Å². The summed E-state index contributed by atoms with van der Waals surface area (Å²) in [5.74, 6) is 3.56. The van der Waals surface area contributed by atoms with Crippen LogP contribution < -0.4 is 0 Å². The van der Waals surface area contributed by atoms with E-state index in [-0.39, 0.29) is 0 Å². The molecule has 20 heavy (non-hydrogen) atoms. The van der Waals surface area contributed by atoms with Crippen molar-refractivity contribution in [3.05, 3.63) is 0 Å². The van der Waals surface area contributed by atoms with Gasteiger partial charge in [-0.2, -0.15) is 0 Å². The van der Waals surface area contributed by atoms with Gasteiger partial charge in [-0.05, 0) is 11.8 Å². The van der Waals surface area contributed by atoms with Gasteiger partial charge in [0, 0.05) is 0 Å². The molecule has 0 nitrogen and oxygen atoms in total. The van der Waals surface area contributed by atoms with E-state index in [0.717, 1.165) is 36.6 Å². The van der Waals surface area contributed by atoms with Crippen LogP contribution in [0.1, 0.15) is 78.1 Å². The highest BCUT2D eigenvalue weighted by Crippen LogP contribution is 2.35. The fraction of sp³-hybridized carbons (Fsp3) is 1.00. The summed E-state index contributed by atoms with van der Waals surface area (Å²) in [4.78, 5) is 0. The van der Waals surface area contributed by atoms with Crippen molar-refractivity contribution < 1.29 is 0 Å². The maximum Gasteiger partial charge on any atom is 0.190 e. The van der Waals surface area contributed by atoms with Crippen molar-refractivity contribution in [2.75, 3.05) is 0 Å². The van der Waals surface area contributed by atoms with Crippen molar-refractivity contribution >= 4 is 38.1 Å². The van der Waals surface area contributed by atoms with Gasteiger partial charge >= 0.3 is 0 Å². The number of hydrogen-bond acceptors (Lipinski definition) is 2. The maximum atomic E-state index is 4.59. The zero-order valence-electron chi connectivity index (χ0n) is 13.7. The molecule has 4 heteroatoms. The van der Waals surface area contributed by atoms with E-state index in [4.69, 9.17) is 0 Å². The summed E-state index contributed by atoms with van der Waals surface area (Å²) in [7, 11) is 0. The molecule has 0 saturated heterocycles. The maximum absolute atomic E-state index is 4.59. The molecule has 0 N–H and O–H groups in total. The molecular formula is C16H34B2S2. The average molecular weight is 312 g/mol. The summed E-state index contributed by atoms with van der Waals surface area (Å²) >= 11 is 9.15. The Balaban J connectivity index is 2.54. The average Bonchev–Trinajstić information content (AvgIpc) is 2.50. The van der Waals surface area contributed by atoms with E-state index in [9.17, 15) is 0 Å². The van der Waals surface area contributed by atoms with Gasteiger partial charge in [-0.15, -0.1) is 0 Å². The quantitative estimate of drug-likeness (QED) is 0.498. The molecule has 1 saturated carbocycles. The Morgan fingerprint density at radius 3 is 2.10 bits per heavy atom. The van der Waals surface area contributed by atoms with Crippen molar-refractivity contribution in [2.45, 2.75) is 89.7 Å². The third kappa shape index (κ3) is 7.20. The Morgan fingerprint density at radius 2 is 1.50 bits per heavy atom. The highest BCUT2D eigenvalue weighted by Gasteiger charge is 2.21. The van der Waals surface area contributed by atoms with Crippen LogP contribution in [0, 0.1) is 11.8 Å². The zero-order valence-corrected chi connectivity index (χ0v) is 15.5. The lowest BCUT2D eigenvalue weighted by Gasteiger charge is -2.24. The normalized spacial score (nSPS) is 31.1. The molecule has 0 heterocycles. The molecule has 0 aromatic carbocycles. The summed E-state index contributed by atoms with van der Waals surface area (Å²) in [6.45, 7) is 6.95. The Labute approximate surface area is 139 Å². The first kappa shape index (κ1) is 18.9. The molecule has 1 aliphatic carbocycles. The SMILES string of the molecule is CCCC(C)C1CCCCC(BS)CC(BS)CCC1. The van der Waals surface area contributed by atoms with Crippen LogP contribution in [0.5, 0.6) is 0 Å². The Morgan fingerprint density at radius 1 is 0.950 bits per heavy atom. The van der Waals surface area contributed by atoms with Crippen molar-refractivity contribution in [1.82, 2.24) is 0 Å². The number of hydrogen-bond donors (Lipinski definition) is 2. The molecule has 0 radical (unpaired) electrons. The lowest BCUT2D eigenvalue weighted by Crippen LogP contribution is -2.12. The summed E-state index contributed by atoms with van der Waals surface area (Å²) in [6.07, 6.45) is 14.1. The predicted molar refractivity (Wildman–Crippen MR) is 104 cm³/mol. The summed E-state index contributed by atoms with van der Waals surface area (Å²) in [5, 5.41) is 0. The third-order valence-electron chi connectivity index (χ3n) is 5.36. The molecule has 0 aromatic heterocycles. The van der Waals surface area contributed by atoms with E-state index < -0.39 is 0 Å². The fourth-order valence-electron chi connectivity index (χ4n) is 3.95. The minimum absolute atomic E-state index is 0.829. The van der Waals surface area contributed by atoms with Gasteiger partial charge in [0.1, 0.15) is 0 Å². The van der Waals surface area contributed by atoms with Gasteiger partial charge in [0.25, 0.3) is 0 Å². The smallest absolute Gasteiger partial charge is 0.190 e. The topological polar surface area (TPSA) is 0 Å². The highest BCUT2D eigenvalue weighted by molar-refractivity contribution is 8.07. The largest absolute Gasteiger partial charge is 0.231 e. The molecule has 0 bridgehead atoms. The molecule has 0 aromatic rings. The van der Waals surface area contributed by atoms with E-state index in [1.165, 1.54) is 64.2 Å². The van der Waals surface area contributed by atoms with Gasteiger partial charge in [-0.25, -0.2) is 25.0 Å². The number of rotatable bonds is 5. The molecule has 1 fully saturated rings. The Hall–Kier alpha value is 0.830. The molecule has 4 atom stereocenters. The molecule has 1 rings (SSSR count). The zero-order chi connectivity index (χ0) is 14.8. The number of thiol groups is 2. The molecule has 1 aliphatic rings. The van der Waals surface area contributed by atoms with Crippen LogP contribution >= 0.6 is 25.0 Å². The first-order chi connectivity index (χ1) is 9.71. The summed E-state index contributed by atoms with van der Waals surface area (Å²) < 4.78 is 0. The van der Waals surface area contributed by atoms with Gasteiger partial charge in [0.05, 0.1) is 0 Å². The van der Waals surface area contributed by atoms with E-state index in [0.29, 0.717) is 0 Å². The van der Waals surface area contributed by atoms with Gasteiger partial charge < -0.3 is 0 Å². The van der Waals surface area contributed by atoms with Crippen LogP contribution in [0.15, 0.2) is 0 Å². The van der Waals surface area contributed by atoms with E-state index in [2.05, 4.69) is 38.8 Å². The van der Waals surface area contributed by atoms with Crippen molar-refractivity contribution in [3.8, 4) is 0 Å². The second-order valence-electron chi connectivity index (χ2n) is 7.07. The van der Waals surface area contributed by atoms with Crippen LogP contribution in [0.3, 0.4) is 0 Å². The first-order valence-corrected chi connectivity index (χ1v) is 10.2. The second-order valence-corrected chi connectivity index (χ2v) is 7.80. The molecular weight excluding hydrogens is 278 g/mol. The van der Waals surface area contributed by atoms with Crippen molar-refractivity contribution in [1.29, 1.82) is 0 Å². The molecule has 116 valence electrons. The lowest BCUT2D eigenvalue weighted by atomic mass is 9.68. The predicted octanol–water partition coefficient (Wildman–Crippen LogP) is 5.31. The van der Waals surface area contributed by atoms with Crippen molar-refractivity contribution in [3.63, 3.8) is 0 Å². The van der Waals surface area contributed by atoms with Crippen LogP contribution in [-0.2, 0) is 0 Å². The molecule has 0 aliphatic heterocycles. The van der Waals surface area contributed by atoms with Crippen LogP contribution in [-0.4, -0.2) is 13.1 Å². The Kier molecular flexibility index (Phi) is 10.8. The summed E-state index contributed by atoms with van der Waals surface area (Å²) in [5.41, 5.74) is 0. The van der Waals surface area contributed by atoms with Gasteiger partial charge in [-0.1, -0.05) is 89.7 Å².